The van der Waals surface area contributed by atoms with Crippen molar-refractivity contribution in [3.8, 4) is 11.1 Å². The zero-order valence-corrected chi connectivity index (χ0v) is 24.5. The normalized spacial score (nSPS) is 20.7. The number of hydrogen-bond acceptors (Lipinski definition) is 4. The molecule has 2 fully saturated rings. The lowest BCUT2D eigenvalue weighted by Gasteiger charge is -2.32. The number of hydrogen-bond donors (Lipinski definition) is 2. The third-order valence-corrected chi connectivity index (χ3v) is 10.4. The Hall–Kier alpha value is -3.18. The molecule has 2 aliphatic rings. The fourth-order valence-electron chi connectivity index (χ4n) is 6.26. The highest BCUT2D eigenvalue weighted by molar-refractivity contribution is 7.89. The van der Waals surface area contributed by atoms with Gasteiger partial charge in [0.05, 0.1) is 4.90 Å². The van der Waals surface area contributed by atoms with Gasteiger partial charge in [-0.05, 0) is 55.2 Å². The van der Waals surface area contributed by atoms with Crippen molar-refractivity contribution in [2.24, 2.45) is 18.9 Å². The number of nitrogens with zero attached hydrogens (tertiary/aromatic N) is 1. The summed E-state index contributed by atoms with van der Waals surface area (Å²) < 4.78 is 69.5. The van der Waals surface area contributed by atoms with Gasteiger partial charge in [0, 0.05) is 35.7 Å². The van der Waals surface area contributed by atoms with E-state index in [2.05, 4.69) is 5.32 Å². The Labute approximate surface area is 243 Å². The van der Waals surface area contributed by atoms with Crippen molar-refractivity contribution in [1.82, 2.24) is 14.6 Å². The van der Waals surface area contributed by atoms with Crippen LogP contribution in [0, 0.1) is 11.8 Å². The van der Waals surface area contributed by atoms with Crippen LogP contribution in [0.25, 0.3) is 21.9 Å². The van der Waals surface area contributed by atoms with Gasteiger partial charge in [-0.3, -0.25) is 4.79 Å². The summed E-state index contributed by atoms with van der Waals surface area (Å²) in [6, 6.07) is 9.21. The Kier molecular flexibility index (Phi) is 8.53. The molecule has 0 spiro atoms. The Morgan fingerprint density at radius 2 is 1.71 bits per heavy atom. The van der Waals surface area contributed by atoms with Crippen molar-refractivity contribution < 1.29 is 31.2 Å². The van der Waals surface area contributed by atoms with Crippen LogP contribution >= 0.6 is 0 Å². The second-order valence-corrected chi connectivity index (χ2v) is 13.4. The van der Waals surface area contributed by atoms with Crippen LogP contribution in [0.1, 0.15) is 68.1 Å². The highest BCUT2D eigenvalue weighted by atomic mass is 32.2. The molecule has 1 amide bonds. The standard InChI is InChI=1S/C31H36F3N3O4S/c1-19(31(32,33)34)36-42(40,41)29-13-12-24(23-10-6-7-11-25(23)29)26-17-28(30(39)35-22-14-21(15-22)18-38)37(2)27(26)16-20-8-4-3-5-9-20/h6-7,10-13,17-22,36H,3-5,8-9,14-16H2,1-2H3,(H,35,39). The van der Waals surface area contributed by atoms with Crippen LogP contribution in [-0.2, 0) is 28.3 Å². The molecule has 1 heterocycles. The molecule has 0 saturated heterocycles. The Bertz CT molecular complexity index is 1590. The summed E-state index contributed by atoms with van der Waals surface area (Å²) in [5.41, 5.74) is 2.92. The predicted octanol–water partition coefficient (Wildman–Crippen LogP) is 5.90. The molecule has 2 aliphatic carbocycles. The van der Waals surface area contributed by atoms with Crippen molar-refractivity contribution in [3.05, 3.63) is 53.9 Å². The van der Waals surface area contributed by atoms with Crippen molar-refractivity contribution in [2.45, 2.75) is 81.4 Å². The van der Waals surface area contributed by atoms with Crippen molar-refractivity contribution in [2.75, 3.05) is 0 Å². The van der Waals surface area contributed by atoms with Crippen LogP contribution in [0.5, 0.6) is 0 Å². The van der Waals surface area contributed by atoms with Crippen molar-refractivity contribution >= 4 is 33.0 Å². The van der Waals surface area contributed by atoms with E-state index < -0.39 is 22.2 Å². The molecule has 1 atom stereocenters. The third kappa shape index (κ3) is 6.13. The van der Waals surface area contributed by atoms with Gasteiger partial charge >= 0.3 is 6.18 Å². The zero-order chi connectivity index (χ0) is 30.2. The van der Waals surface area contributed by atoms with E-state index in [1.165, 1.54) is 12.5 Å². The highest BCUT2D eigenvalue weighted by Crippen LogP contribution is 2.39. The molecule has 3 aromatic rings. The number of aromatic nitrogens is 1. The van der Waals surface area contributed by atoms with Crippen LogP contribution in [0.4, 0.5) is 13.2 Å². The van der Waals surface area contributed by atoms with Crippen LogP contribution in [0.3, 0.4) is 0 Å². The second kappa shape index (κ2) is 11.8. The first-order valence-electron chi connectivity index (χ1n) is 14.4. The lowest BCUT2D eigenvalue weighted by atomic mass is 9.81. The number of nitrogens with one attached hydrogen (secondary N) is 2. The molecule has 2 N–H and O–H groups in total. The van der Waals surface area contributed by atoms with Gasteiger partial charge in [0.25, 0.3) is 5.91 Å². The molecule has 11 heteroatoms. The topological polar surface area (TPSA) is 97.3 Å². The number of halogens is 3. The number of rotatable bonds is 9. The fraction of sp³-hybridized carbons (Fsp3) is 0.484. The van der Waals surface area contributed by atoms with E-state index in [1.807, 2.05) is 17.7 Å². The molecular formula is C31H36F3N3O4S. The zero-order valence-electron chi connectivity index (χ0n) is 23.7. The average Bonchev–Trinajstić information content (AvgIpc) is 3.25. The Balaban J connectivity index is 1.57. The van der Waals surface area contributed by atoms with Gasteiger partial charge in [-0.15, -0.1) is 0 Å². The van der Waals surface area contributed by atoms with Crippen LogP contribution in [0.2, 0.25) is 0 Å². The molecule has 1 aromatic heterocycles. The number of benzene rings is 2. The molecule has 2 saturated carbocycles. The second-order valence-electron chi connectivity index (χ2n) is 11.7. The minimum absolute atomic E-state index is 0.0316. The number of carbonyl (C=O) groups is 2. The molecule has 2 aromatic carbocycles. The van der Waals surface area contributed by atoms with Gasteiger partial charge in [0.2, 0.25) is 10.0 Å². The first-order valence-corrected chi connectivity index (χ1v) is 15.9. The summed E-state index contributed by atoms with van der Waals surface area (Å²) in [5.74, 6) is 0.175. The van der Waals surface area contributed by atoms with Gasteiger partial charge < -0.3 is 14.7 Å². The summed E-state index contributed by atoms with van der Waals surface area (Å²) in [5, 5.41) is 3.89. The lowest BCUT2D eigenvalue weighted by molar-refractivity contribution is -0.147. The van der Waals surface area contributed by atoms with E-state index >= 15 is 0 Å². The van der Waals surface area contributed by atoms with Crippen LogP contribution in [-0.4, -0.2) is 43.4 Å². The maximum absolute atomic E-state index is 13.4. The number of amides is 1. The molecular weight excluding hydrogens is 567 g/mol. The van der Waals surface area contributed by atoms with Crippen LogP contribution < -0.4 is 10.0 Å². The van der Waals surface area contributed by atoms with Crippen molar-refractivity contribution in [3.63, 3.8) is 0 Å². The highest BCUT2D eigenvalue weighted by Gasteiger charge is 2.39. The van der Waals surface area contributed by atoms with Gasteiger partial charge in [-0.25, -0.2) is 8.42 Å². The predicted molar refractivity (Wildman–Crippen MR) is 155 cm³/mol. The SMILES string of the molecule is CC(NS(=O)(=O)c1ccc(-c2cc(C(=O)NC3CC(C=O)C3)n(C)c2CC2CCCCC2)c2ccccc12)C(F)(F)F. The number of sulfonamides is 1. The van der Waals surface area contributed by atoms with E-state index in [1.54, 1.807) is 35.1 Å². The summed E-state index contributed by atoms with van der Waals surface area (Å²) in [6.07, 6.45) is 3.83. The summed E-state index contributed by atoms with van der Waals surface area (Å²) in [7, 11) is -2.64. The molecule has 0 bridgehead atoms. The number of aldehydes is 1. The maximum Gasteiger partial charge on any atom is 0.404 e. The molecule has 7 nitrogen and oxygen atoms in total. The quantitative estimate of drug-likeness (QED) is 0.298. The van der Waals surface area contributed by atoms with E-state index in [-0.39, 0.29) is 22.8 Å². The van der Waals surface area contributed by atoms with Gasteiger partial charge in [0.15, 0.2) is 0 Å². The minimum atomic E-state index is -4.73. The average molecular weight is 604 g/mol. The van der Waals surface area contributed by atoms with Gasteiger partial charge in [-0.1, -0.05) is 62.4 Å². The molecule has 5 rings (SSSR count). The molecule has 1 unspecified atom stereocenters. The largest absolute Gasteiger partial charge is 0.404 e. The first kappa shape index (κ1) is 30.3. The van der Waals surface area contributed by atoms with Crippen molar-refractivity contribution in [1.29, 1.82) is 0 Å². The number of carbonyl (C=O) groups excluding carboxylic acids is 2. The summed E-state index contributed by atoms with van der Waals surface area (Å²) in [4.78, 5) is 24.2. The summed E-state index contributed by atoms with van der Waals surface area (Å²) in [6.45, 7) is 0.769. The monoisotopic (exact) mass is 603 g/mol. The molecule has 42 heavy (non-hydrogen) atoms. The van der Waals surface area contributed by atoms with E-state index in [0.717, 1.165) is 56.6 Å². The van der Waals surface area contributed by atoms with Gasteiger partial charge in [-0.2, -0.15) is 17.9 Å². The fourth-order valence-corrected chi connectivity index (χ4v) is 7.70. The van der Waals surface area contributed by atoms with Crippen LogP contribution in [0.15, 0.2) is 47.4 Å². The molecule has 0 radical (unpaired) electrons. The minimum Gasteiger partial charge on any atom is -0.348 e. The Morgan fingerprint density at radius 1 is 1.05 bits per heavy atom. The van der Waals surface area contributed by atoms with Gasteiger partial charge in [0.1, 0.15) is 18.0 Å². The smallest absolute Gasteiger partial charge is 0.348 e. The van der Waals surface area contributed by atoms with E-state index in [0.29, 0.717) is 40.8 Å². The number of alkyl halides is 3. The third-order valence-electron chi connectivity index (χ3n) is 8.79. The summed E-state index contributed by atoms with van der Waals surface area (Å²) >= 11 is 0. The van der Waals surface area contributed by atoms with E-state index in [9.17, 15) is 31.2 Å². The maximum atomic E-state index is 13.4. The lowest BCUT2D eigenvalue weighted by Crippen LogP contribution is -2.45. The number of fused-ring (bicyclic) bond motifs is 1. The van der Waals surface area contributed by atoms with E-state index in [4.69, 9.17) is 0 Å². The molecule has 0 aliphatic heterocycles. The first-order chi connectivity index (χ1) is 19.9. The Morgan fingerprint density at radius 3 is 2.36 bits per heavy atom. The molecule has 226 valence electrons.